The summed E-state index contributed by atoms with van der Waals surface area (Å²) in [5, 5.41) is 20.7. The van der Waals surface area contributed by atoms with E-state index in [1.807, 2.05) is 25.1 Å². The number of fused-ring (bicyclic) bond motifs is 1. The number of ether oxygens (including phenoxy) is 1. The van der Waals surface area contributed by atoms with Crippen LogP contribution in [0.2, 0.25) is 0 Å². The average Bonchev–Trinajstić information content (AvgIpc) is 3.47. The van der Waals surface area contributed by atoms with Crippen LogP contribution < -0.4 is 25.6 Å². The van der Waals surface area contributed by atoms with Gasteiger partial charge in [-0.05, 0) is 50.5 Å². The SMILES string of the molecule is CC(=O)N1CC(Nc2cc(C(=O)NC[C@@H](O)[C@@H]3Cc4ccc(OCc5ocnc5C)cc4CN3)nc(N3CCN(C(C)C)CC3)n2)C1. The molecule has 5 heterocycles. The first-order valence-electron chi connectivity index (χ1n) is 16.4. The van der Waals surface area contributed by atoms with Crippen molar-refractivity contribution in [2.45, 2.75) is 71.5 Å². The van der Waals surface area contributed by atoms with Crippen LogP contribution in [0.4, 0.5) is 11.8 Å². The first-order chi connectivity index (χ1) is 22.6. The van der Waals surface area contributed by atoms with Crippen molar-refractivity contribution in [1.29, 1.82) is 0 Å². The van der Waals surface area contributed by atoms with E-state index in [9.17, 15) is 14.7 Å². The predicted molar refractivity (Wildman–Crippen MR) is 175 cm³/mol. The number of amides is 2. The number of aryl methyl sites for hydroxylation is 1. The molecule has 0 saturated carbocycles. The van der Waals surface area contributed by atoms with E-state index in [1.165, 1.54) is 6.39 Å². The average molecular weight is 648 g/mol. The van der Waals surface area contributed by atoms with Crippen LogP contribution in [-0.2, 0) is 24.4 Å². The summed E-state index contributed by atoms with van der Waals surface area (Å²) < 4.78 is 11.3. The van der Waals surface area contributed by atoms with Crippen molar-refractivity contribution in [1.82, 2.24) is 35.4 Å². The first kappa shape index (κ1) is 32.7. The first-order valence-corrected chi connectivity index (χ1v) is 16.4. The lowest BCUT2D eigenvalue weighted by Crippen LogP contribution is -2.56. The number of hydrogen-bond donors (Lipinski definition) is 4. The molecular formula is C33H45N9O5. The second kappa shape index (κ2) is 14.2. The number of oxazole rings is 1. The lowest BCUT2D eigenvalue weighted by Gasteiger charge is -2.39. The van der Waals surface area contributed by atoms with Crippen molar-refractivity contribution < 1.29 is 23.8 Å². The molecule has 47 heavy (non-hydrogen) atoms. The smallest absolute Gasteiger partial charge is 0.270 e. The number of likely N-dealkylation sites (tertiary alicyclic amines) is 1. The molecule has 0 aliphatic carbocycles. The van der Waals surface area contributed by atoms with Gasteiger partial charge in [0.2, 0.25) is 11.9 Å². The highest BCUT2D eigenvalue weighted by molar-refractivity contribution is 5.93. The van der Waals surface area contributed by atoms with E-state index in [4.69, 9.17) is 14.1 Å². The van der Waals surface area contributed by atoms with Gasteiger partial charge in [-0.1, -0.05) is 6.07 Å². The van der Waals surface area contributed by atoms with Gasteiger partial charge in [-0.15, -0.1) is 0 Å². The third-order valence-corrected chi connectivity index (χ3v) is 9.28. The second-order valence-electron chi connectivity index (χ2n) is 12.9. The Bertz CT molecular complexity index is 1570. The maximum absolute atomic E-state index is 13.4. The fraction of sp³-hybridized carbons (Fsp3) is 0.545. The van der Waals surface area contributed by atoms with Crippen molar-refractivity contribution >= 4 is 23.6 Å². The van der Waals surface area contributed by atoms with Gasteiger partial charge < -0.3 is 40.0 Å². The van der Waals surface area contributed by atoms with Crippen LogP contribution in [0.25, 0.3) is 0 Å². The summed E-state index contributed by atoms with van der Waals surface area (Å²) >= 11 is 0. The van der Waals surface area contributed by atoms with Crippen molar-refractivity contribution in [3.8, 4) is 5.75 Å². The van der Waals surface area contributed by atoms with E-state index in [2.05, 4.69) is 49.6 Å². The maximum atomic E-state index is 13.4. The quantitative estimate of drug-likeness (QED) is 0.237. The van der Waals surface area contributed by atoms with Crippen molar-refractivity contribution in [2.24, 2.45) is 0 Å². The third kappa shape index (κ3) is 7.83. The van der Waals surface area contributed by atoms with E-state index < -0.39 is 6.10 Å². The Labute approximate surface area is 274 Å². The Morgan fingerprint density at radius 2 is 1.91 bits per heavy atom. The van der Waals surface area contributed by atoms with Crippen molar-refractivity contribution in [3.05, 3.63) is 58.9 Å². The van der Waals surface area contributed by atoms with Gasteiger partial charge in [0.1, 0.15) is 23.9 Å². The molecule has 4 N–H and O–H groups in total. The molecule has 0 spiro atoms. The number of aliphatic hydroxyl groups excluding tert-OH is 1. The van der Waals surface area contributed by atoms with E-state index >= 15 is 0 Å². The third-order valence-electron chi connectivity index (χ3n) is 9.28. The van der Waals surface area contributed by atoms with Gasteiger partial charge in [0.05, 0.1) is 17.8 Å². The predicted octanol–water partition coefficient (Wildman–Crippen LogP) is 1.33. The zero-order valence-corrected chi connectivity index (χ0v) is 27.5. The van der Waals surface area contributed by atoms with Gasteiger partial charge >= 0.3 is 0 Å². The van der Waals surface area contributed by atoms with Crippen LogP contribution in [0, 0.1) is 6.92 Å². The molecule has 2 atom stereocenters. The molecule has 0 radical (unpaired) electrons. The van der Waals surface area contributed by atoms with Crippen LogP contribution in [0.5, 0.6) is 5.75 Å². The molecule has 14 heteroatoms. The highest BCUT2D eigenvalue weighted by Gasteiger charge is 2.30. The molecule has 0 bridgehead atoms. The highest BCUT2D eigenvalue weighted by atomic mass is 16.5. The van der Waals surface area contributed by atoms with Gasteiger partial charge in [0.15, 0.2) is 12.2 Å². The lowest BCUT2D eigenvalue weighted by molar-refractivity contribution is -0.132. The zero-order valence-electron chi connectivity index (χ0n) is 27.5. The second-order valence-corrected chi connectivity index (χ2v) is 12.9. The van der Waals surface area contributed by atoms with Crippen LogP contribution in [0.1, 0.15) is 53.8 Å². The molecule has 1 aromatic carbocycles. The van der Waals surface area contributed by atoms with Crippen LogP contribution in [-0.4, -0.2) is 112 Å². The molecule has 3 aliphatic rings. The van der Waals surface area contributed by atoms with E-state index in [0.29, 0.717) is 56.2 Å². The number of benzene rings is 1. The number of anilines is 2. The number of rotatable bonds is 11. The molecule has 14 nitrogen and oxygen atoms in total. The molecule has 2 aromatic heterocycles. The fourth-order valence-corrected chi connectivity index (χ4v) is 6.16. The maximum Gasteiger partial charge on any atom is 0.270 e. The molecule has 3 aliphatic heterocycles. The summed E-state index contributed by atoms with van der Waals surface area (Å²) in [7, 11) is 0. The Morgan fingerprint density at radius 1 is 1.13 bits per heavy atom. The van der Waals surface area contributed by atoms with Gasteiger partial charge in [-0.3, -0.25) is 14.5 Å². The number of hydrogen-bond acceptors (Lipinski definition) is 12. The number of carbonyl (C=O) groups is 2. The minimum Gasteiger partial charge on any atom is -0.486 e. The van der Waals surface area contributed by atoms with E-state index in [0.717, 1.165) is 48.7 Å². The number of nitrogens with one attached hydrogen (secondary N) is 3. The number of aliphatic hydroxyl groups is 1. The van der Waals surface area contributed by atoms with Gasteiger partial charge in [0, 0.05) is 77.4 Å². The van der Waals surface area contributed by atoms with Gasteiger partial charge in [0.25, 0.3) is 5.91 Å². The standard InChI is InChI=1S/C33H45N9O5/c1-20(2)40-7-9-41(10-8-40)33-38-28(13-31(39-33)37-25-16-42(17-25)22(4)43)32(45)35-15-29(44)27-12-23-5-6-26(11-24(23)14-34-27)46-18-30-21(3)36-19-47-30/h5-6,11,13,19-20,25,27,29,34,44H,7-10,12,14-18H2,1-4H3,(H,35,45)(H,37,38,39)/t27-,29+/m0/s1. The largest absolute Gasteiger partial charge is 0.486 e. The Kier molecular flexibility index (Phi) is 9.89. The number of aromatic nitrogens is 3. The summed E-state index contributed by atoms with van der Waals surface area (Å²) in [5.74, 6) is 2.14. The van der Waals surface area contributed by atoms with Crippen molar-refractivity contribution in [2.75, 3.05) is 56.0 Å². The highest BCUT2D eigenvalue weighted by Crippen LogP contribution is 2.25. The van der Waals surface area contributed by atoms with E-state index in [-0.39, 0.29) is 36.1 Å². The Hall–Kier alpha value is -4.27. The molecule has 252 valence electrons. The number of piperazine rings is 1. The molecule has 0 unspecified atom stereocenters. The van der Waals surface area contributed by atoms with Gasteiger partial charge in [-0.25, -0.2) is 9.97 Å². The monoisotopic (exact) mass is 647 g/mol. The Morgan fingerprint density at radius 3 is 2.62 bits per heavy atom. The van der Waals surface area contributed by atoms with Crippen LogP contribution >= 0.6 is 0 Å². The normalized spacial score (nSPS) is 19.2. The molecule has 3 aromatic rings. The number of carbonyl (C=O) groups excluding carboxylic acids is 2. The van der Waals surface area contributed by atoms with Gasteiger partial charge in [-0.2, -0.15) is 4.98 Å². The topological polar surface area (TPSA) is 161 Å². The lowest BCUT2D eigenvalue weighted by atomic mass is 9.92. The van der Waals surface area contributed by atoms with Crippen LogP contribution in [0.3, 0.4) is 0 Å². The summed E-state index contributed by atoms with van der Waals surface area (Å²) in [6.07, 6.45) is 1.21. The molecule has 2 amide bonds. The van der Waals surface area contributed by atoms with Crippen LogP contribution in [0.15, 0.2) is 35.1 Å². The minimum atomic E-state index is -0.812. The summed E-state index contributed by atoms with van der Waals surface area (Å²) in [6.45, 7) is 13.2. The summed E-state index contributed by atoms with van der Waals surface area (Å²) in [4.78, 5) is 44.8. The zero-order chi connectivity index (χ0) is 33.1. The number of nitrogens with zero attached hydrogens (tertiary/aromatic N) is 6. The molecule has 2 fully saturated rings. The minimum absolute atomic E-state index is 0.0388. The molecule has 2 saturated heterocycles. The van der Waals surface area contributed by atoms with E-state index in [1.54, 1.807) is 17.9 Å². The summed E-state index contributed by atoms with van der Waals surface area (Å²) in [6, 6.07) is 7.86. The fourth-order valence-electron chi connectivity index (χ4n) is 6.16. The molecular weight excluding hydrogens is 602 g/mol. The summed E-state index contributed by atoms with van der Waals surface area (Å²) in [5.41, 5.74) is 3.26. The molecule has 6 rings (SSSR count). The van der Waals surface area contributed by atoms with Crippen molar-refractivity contribution in [3.63, 3.8) is 0 Å². The Balaban J connectivity index is 1.06.